The number of aromatic amines is 2. The second-order valence-corrected chi connectivity index (χ2v) is 10.5. The molecule has 11 heteroatoms. The lowest BCUT2D eigenvalue weighted by Crippen LogP contribution is -2.00. The van der Waals surface area contributed by atoms with Gasteiger partial charge in [0.1, 0.15) is 22.6 Å². The van der Waals surface area contributed by atoms with Crippen LogP contribution in [-0.4, -0.2) is 39.9 Å². The van der Waals surface area contributed by atoms with Gasteiger partial charge in [0.2, 0.25) is 0 Å². The predicted octanol–water partition coefficient (Wildman–Crippen LogP) is 5.62. The lowest BCUT2D eigenvalue weighted by atomic mass is 10.1. The molecule has 0 radical (unpaired) electrons. The summed E-state index contributed by atoms with van der Waals surface area (Å²) in [6.45, 7) is 0. The van der Waals surface area contributed by atoms with E-state index in [2.05, 4.69) is 9.97 Å². The molecule has 4 aromatic carbocycles. The highest BCUT2D eigenvalue weighted by Crippen LogP contribution is 2.39. The van der Waals surface area contributed by atoms with Crippen molar-refractivity contribution in [1.29, 1.82) is 0 Å². The van der Waals surface area contributed by atoms with E-state index in [-0.39, 0.29) is 5.69 Å². The second kappa shape index (κ2) is 8.33. The van der Waals surface area contributed by atoms with Gasteiger partial charge in [-0.15, -0.1) is 0 Å². The molecule has 0 unspecified atom stereocenters. The van der Waals surface area contributed by atoms with Crippen molar-refractivity contribution in [3.05, 3.63) is 78.9 Å². The topological polar surface area (TPSA) is 187 Å². The highest BCUT2D eigenvalue weighted by Gasteiger charge is 2.22. The number of anilines is 3. The van der Waals surface area contributed by atoms with Crippen LogP contribution in [-0.2, 0) is 0 Å². The van der Waals surface area contributed by atoms with E-state index in [0.29, 0.717) is 68.0 Å². The highest BCUT2D eigenvalue weighted by atomic mass is 15.1. The average Bonchev–Trinajstić information content (AvgIpc) is 3.75. The van der Waals surface area contributed by atoms with Gasteiger partial charge < -0.3 is 27.2 Å². The number of benzene rings is 4. The number of H-pyrrole nitrogens is 2. The number of hydrogen-bond acceptors (Lipinski definition) is 9. The number of aromatic nitrogens is 8. The molecule has 5 heterocycles. The van der Waals surface area contributed by atoms with Crippen LogP contribution in [0.1, 0.15) is 0 Å². The summed E-state index contributed by atoms with van der Waals surface area (Å²) in [6.07, 6.45) is 0. The number of nitrogens with one attached hydrogen (secondary N) is 2. The Morgan fingerprint density at radius 3 is 1.30 bits per heavy atom. The fourth-order valence-electron chi connectivity index (χ4n) is 5.87. The van der Waals surface area contributed by atoms with E-state index in [0.717, 1.165) is 33.0 Å². The molecule has 2 aliphatic rings. The zero-order valence-electron chi connectivity index (χ0n) is 22.4. The standard InChI is InChI=1S/C32H21N11/c33-21-13-20-22(24(35)23(21)34)32-42-30-19-12-6-5-11-18(19)28(40-30)38-26-15-8-2-1-7-14(15)25(36-26)37-27-16-9-3-4-10-17(16)29(39-27)41-31(20)43-32/h1-13H,33-35H2,(H2,36,37,38,39,40,41,42,43). The summed E-state index contributed by atoms with van der Waals surface area (Å²) < 4.78 is 0. The molecule has 2 aliphatic heterocycles. The SMILES string of the molecule is Nc1cc2c3nc4nc(nc5[nH]c(nc6nc(nc([nH]3)c2c(N)c1N)-c1ccccc1-6)c1ccccc51)-c1ccccc1-4. The van der Waals surface area contributed by atoms with E-state index in [4.69, 9.17) is 47.1 Å². The Balaban J connectivity index is 1.53. The number of nitrogens with zero attached hydrogens (tertiary/aromatic N) is 6. The molecule has 0 atom stereocenters. The van der Waals surface area contributed by atoms with Crippen LogP contribution in [0, 0.1) is 0 Å². The minimum absolute atomic E-state index is 0.281. The molecule has 8 bridgehead atoms. The van der Waals surface area contributed by atoms with E-state index in [9.17, 15) is 0 Å². The zero-order valence-corrected chi connectivity index (χ0v) is 22.4. The highest BCUT2D eigenvalue weighted by molar-refractivity contribution is 6.16. The first kappa shape index (κ1) is 23.4. The van der Waals surface area contributed by atoms with Crippen molar-refractivity contribution in [2.45, 2.75) is 0 Å². The summed E-state index contributed by atoms with van der Waals surface area (Å²) in [6, 6.07) is 25.4. The van der Waals surface area contributed by atoms with Gasteiger partial charge in [0.25, 0.3) is 0 Å². The van der Waals surface area contributed by atoms with Crippen LogP contribution in [0.3, 0.4) is 0 Å². The first-order valence-electron chi connectivity index (χ1n) is 13.6. The largest absolute Gasteiger partial charge is 0.397 e. The molecule has 3 aromatic heterocycles. The smallest absolute Gasteiger partial charge is 0.164 e. The quantitative estimate of drug-likeness (QED) is 0.147. The Kier molecular flexibility index (Phi) is 4.53. The third-order valence-electron chi connectivity index (χ3n) is 7.95. The van der Waals surface area contributed by atoms with Crippen molar-refractivity contribution in [2.75, 3.05) is 17.2 Å². The van der Waals surface area contributed by atoms with Gasteiger partial charge in [-0.2, -0.15) is 0 Å². The molecule has 11 nitrogen and oxygen atoms in total. The molecule has 0 spiro atoms. The number of nitrogens with two attached hydrogens (primary N) is 3. The van der Waals surface area contributed by atoms with E-state index < -0.39 is 0 Å². The van der Waals surface area contributed by atoms with E-state index in [1.54, 1.807) is 6.07 Å². The van der Waals surface area contributed by atoms with Gasteiger partial charge in [0, 0.05) is 38.4 Å². The van der Waals surface area contributed by atoms with E-state index in [1.807, 2.05) is 72.8 Å². The zero-order chi connectivity index (χ0) is 28.8. The summed E-state index contributed by atoms with van der Waals surface area (Å²) in [5, 5.41) is 3.09. The molecule has 0 saturated carbocycles. The molecule has 8 N–H and O–H groups in total. The van der Waals surface area contributed by atoms with Crippen molar-refractivity contribution in [3.8, 4) is 45.6 Å². The molecule has 43 heavy (non-hydrogen) atoms. The third kappa shape index (κ3) is 3.29. The van der Waals surface area contributed by atoms with Gasteiger partial charge in [-0.25, -0.2) is 29.9 Å². The van der Waals surface area contributed by atoms with Gasteiger partial charge in [-0.3, -0.25) is 0 Å². The Hall–Kier alpha value is -6.36. The Bertz CT molecular complexity index is 2510. The van der Waals surface area contributed by atoms with Gasteiger partial charge in [0.15, 0.2) is 23.3 Å². The Morgan fingerprint density at radius 1 is 0.419 bits per heavy atom. The molecule has 0 aliphatic carbocycles. The van der Waals surface area contributed by atoms with Crippen LogP contribution >= 0.6 is 0 Å². The van der Waals surface area contributed by atoms with E-state index >= 15 is 0 Å². The van der Waals surface area contributed by atoms with Crippen LogP contribution in [0.2, 0.25) is 0 Å². The molecule has 204 valence electrons. The van der Waals surface area contributed by atoms with Crippen LogP contribution in [0.4, 0.5) is 17.1 Å². The number of fused-ring (bicyclic) bond motifs is 20. The van der Waals surface area contributed by atoms with Crippen LogP contribution in [0.5, 0.6) is 0 Å². The van der Waals surface area contributed by atoms with Gasteiger partial charge in [0.05, 0.1) is 22.4 Å². The summed E-state index contributed by atoms with van der Waals surface area (Å²) in [4.78, 5) is 36.5. The minimum atomic E-state index is 0.281. The fraction of sp³-hybridized carbons (Fsp3) is 0. The monoisotopic (exact) mass is 559 g/mol. The Labute approximate surface area is 242 Å². The minimum Gasteiger partial charge on any atom is -0.397 e. The van der Waals surface area contributed by atoms with E-state index in [1.165, 1.54) is 0 Å². The molecular formula is C32H21N11. The lowest BCUT2D eigenvalue weighted by molar-refractivity contribution is 1.19. The first-order chi connectivity index (χ1) is 21.0. The van der Waals surface area contributed by atoms with Crippen molar-refractivity contribution in [1.82, 2.24) is 39.9 Å². The second-order valence-electron chi connectivity index (χ2n) is 10.5. The Morgan fingerprint density at radius 2 is 0.814 bits per heavy atom. The molecule has 0 amide bonds. The lowest BCUT2D eigenvalue weighted by Gasteiger charge is -2.05. The third-order valence-corrected chi connectivity index (χ3v) is 7.95. The maximum atomic E-state index is 6.55. The van der Waals surface area contributed by atoms with Crippen LogP contribution in [0.15, 0.2) is 78.9 Å². The molecule has 0 saturated heterocycles. The average molecular weight is 560 g/mol. The number of nitrogen functional groups attached to an aromatic ring is 3. The fourth-order valence-corrected chi connectivity index (χ4v) is 5.87. The maximum absolute atomic E-state index is 6.55. The first-order valence-corrected chi connectivity index (χ1v) is 13.6. The van der Waals surface area contributed by atoms with Crippen molar-refractivity contribution < 1.29 is 0 Å². The van der Waals surface area contributed by atoms with Crippen LogP contribution < -0.4 is 17.2 Å². The van der Waals surface area contributed by atoms with Gasteiger partial charge in [-0.1, -0.05) is 72.8 Å². The number of hydrogen-bond donors (Lipinski definition) is 5. The molecule has 0 fully saturated rings. The summed E-state index contributed by atoms with van der Waals surface area (Å²) >= 11 is 0. The molecular weight excluding hydrogens is 538 g/mol. The van der Waals surface area contributed by atoms with Crippen molar-refractivity contribution >= 4 is 61.2 Å². The van der Waals surface area contributed by atoms with Crippen LogP contribution in [0.25, 0.3) is 89.7 Å². The van der Waals surface area contributed by atoms with Crippen molar-refractivity contribution in [2.24, 2.45) is 0 Å². The number of rotatable bonds is 0. The van der Waals surface area contributed by atoms with Gasteiger partial charge >= 0.3 is 0 Å². The summed E-state index contributed by atoms with van der Waals surface area (Å²) in [5.41, 5.74) is 25.6. The van der Waals surface area contributed by atoms with Crippen molar-refractivity contribution in [3.63, 3.8) is 0 Å². The molecule has 7 aromatic rings. The predicted molar refractivity (Wildman–Crippen MR) is 169 cm³/mol. The summed E-state index contributed by atoms with van der Waals surface area (Å²) in [7, 11) is 0. The summed E-state index contributed by atoms with van der Waals surface area (Å²) in [5.74, 6) is 2.02. The molecule has 9 rings (SSSR count). The normalized spacial score (nSPS) is 12.0. The van der Waals surface area contributed by atoms with Gasteiger partial charge in [-0.05, 0) is 6.07 Å². The maximum Gasteiger partial charge on any atom is 0.164 e.